The molecule has 3 rings (SSSR count). The van der Waals surface area contributed by atoms with Crippen LogP contribution < -0.4 is 5.32 Å². The van der Waals surface area contributed by atoms with Gasteiger partial charge in [0.15, 0.2) is 0 Å². The van der Waals surface area contributed by atoms with Gasteiger partial charge < -0.3 is 14.9 Å². The van der Waals surface area contributed by atoms with Crippen LogP contribution >= 0.6 is 0 Å². The van der Waals surface area contributed by atoms with Gasteiger partial charge in [0.25, 0.3) is 11.8 Å². The maximum absolute atomic E-state index is 9.91. The quantitative estimate of drug-likeness (QED) is 0.886. The third-order valence-electron chi connectivity index (χ3n) is 3.49. The van der Waals surface area contributed by atoms with Crippen LogP contribution in [-0.2, 0) is 0 Å². The number of aromatic nitrogens is 2. The number of hydrogen-bond donors (Lipinski definition) is 2. The van der Waals surface area contributed by atoms with E-state index in [9.17, 15) is 5.11 Å². The van der Waals surface area contributed by atoms with E-state index in [4.69, 9.17) is 4.52 Å². The first-order chi connectivity index (χ1) is 9.33. The monoisotopic (exact) mass is 259 g/mol. The van der Waals surface area contributed by atoms with Gasteiger partial charge >= 0.3 is 0 Å². The number of aliphatic hydroxyl groups is 1. The molecule has 19 heavy (non-hydrogen) atoms. The van der Waals surface area contributed by atoms with Crippen molar-refractivity contribution in [1.82, 2.24) is 10.1 Å². The molecule has 1 fully saturated rings. The molecule has 2 aromatic rings. The lowest BCUT2D eigenvalue weighted by molar-refractivity contribution is 0.116. The first-order valence-electron chi connectivity index (χ1n) is 6.66. The number of benzene rings is 1. The van der Waals surface area contributed by atoms with E-state index in [1.165, 1.54) is 0 Å². The molecule has 0 bridgehead atoms. The van der Waals surface area contributed by atoms with Gasteiger partial charge in [0, 0.05) is 5.56 Å². The van der Waals surface area contributed by atoms with E-state index in [1.54, 1.807) is 0 Å². The first-order valence-corrected chi connectivity index (χ1v) is 6.66. The van der Waals surface area contributed by atoms with E-state index >= 15 is 0 Å². The van der Waals surface area contributed by atoms with Crippen molar-refractivity contribution in [2.45, 2.75) is 37.8 Å². The van der Waals surface area contributed by atoms with Gasteiger partial charge in [-0.1, -0.05) is 31.0 Å². The molecule has 5 nitrogen and oxygen atoms in total. The molecule has 1 aromatic heterocycles. The lowest BCUT2D eigenvalue weighted by atomic mass is 9.93. The second kappa shape index (κ2) is 5.40. The minimum atomic E-state index is -0.326. The number of nitrogens with one attached hydrogen (secondary N) is 1. The second-order valence-electron chi connectivity index (χ2n) is 4.89. The fraction of sp³-hybridized carbons (Fsp3) is 0.429. The Morgan fingerprint density at radius 3 is 2.74 bits per heavy atom. The molecule has 2 N–H and O–H groups in total. The second-order valence-corrected chi connectivity index (χ2v) is 4.89. The highest BCUT2D eigenvalue weighted by Gasteiger charge is 2.24. The normalized spacial score (nSPS) is 23.2. The Bertz CT molecular complexity index is 526. The molecule has 1 aromatic carbocycles. The maximum Gasteiger partial charge on any atom is 0.264 e. The molecule has 0 saturated heterocycles. The zero-order chi connectivity index (χ0) is 13.1. The van der Waals surface area contributed by atoms with Crippen molar-refractivity contribution in [1.29, 1.82) is 0 Å². The molecule has 100 valence electrons. The Kier molecular flexibility index (Phi) is 3.46. The van der Waals surface area contributed by atoms with Crippen LogP contribution in [0.2, 0.25) is 0 Å². The molecule has 5 heteroatoms. The van der Waals surface area contributed by atoms with Crippen LogP contribution in [0.5, 0.6) is 0 Å². The predicted octanol–water partition coefficient (Wildman–Crippen LogP) is 2.45. The molecule has 1 aliphatic carbocycles. The van der Waals surface area contributed by atoms with E-state index in [0.717, 1.165) is 31.2 Å². The summed E-state index contributed by atoms with van der Waals surface area (Å²) in [5, 5.41) is 17.0. The van der Waals surface area contributed by atoms with Crippen molar-refractivity contribution in [3.63, 3.8) is 0 Å². The predicted molar refractivity (Wildman–Crippen MR) is 71.6 cm³/mol. The smallest absolute Gasteiger partial charge is 0.264 e. The lowest BCUT2D eigenvalue weighted by Crippen LogP contribution is -2.36. The number of nitrogens with zero attached hydrogens (tertiary/aromatic N) is 2. The molecule has 1 saturated carbocycles. The average molecular weight is 259 g/mol. The number of anilines is 1. The molecule has 0 unspecified atom stereocenters. The Balaban J connectivity index is 1.71. The van der Waals surface area contributed by atoms with Gasteiger partial charge in [-0.25, -0.2) is 0 Å². The Hall–Kier alpha value is -1.88. The first kappa shape index (κ1) is 12.2. The van der Waals surface area contributed by atoms with Gasteiger partial charge in [0.05, 0.1) is 12.1 Å². The van der Waals surface area contributed by atoms with Crippen molar-refractivity contribution in [2.75, 3.05) is 5.32 Å². The van der Waals surface area contributed by atoms with Crippen LogP contribution in [0.4, 0.5) is 5.95 Å². The summed E-state index contributed by atoms with van der Waals surface area (Å²) in [5.41, 5.74) is 0.896. The zero-order valence-corrected chi connectivity index (χ0v) is 10.6. The maximum atomic E-state index is 9.91. The molecule has 0 amide bonds. The lowest BCUT2D eigenvalue weighted by Gasteiger charge is -2.27. The Labute approximate surface area is 111 Å². The van der Waals surface area contributed by atoms with Gasteiger partial charge in [-0.3, -0.25) is 0 Å². The largest absolute Gasteiger partial charge is 0.391 e. The highest BCUT2D eigenvalue weighted by atomic mass is 16.5. The minimum Gasteiger partial charge on any atom is -0.391 e. The summed E-state index contributed by atoms with van der Waals surface area (Å²) in [6.07, 6.45) is 3.66. The van der Waals surface area contributed by atoms with E-state index < -0.39 is 0 Å². The Morgan fingerprint density at radius 1 is 1.16 bits per heavy atom. The van der Waals surface area contributed by atoms with Crippen LogP contribution in [0, 0.1) is 0 Å². The van der Waals surface area contributed by atoms with Gasteiger partial charge in [0.1, 0.15) is 0 Å². The summed E-state index contributed by atoms with van der Waals surface area (Å²) in [7, 11) is 0. The third-order valence-corrected chi connectivity index (χ3v) is 3.49. The summed E-state index contributed by atoms with van der Waals surface area (Å²) < 4.78 is 5.22. The van der Waals surface area contributed by atoms with Gasteiger partial charge in [-0.05, 0) is 30.1 Å². The highest BCUT2D eigenvalue weighted by molar-refractivity contribution is 5.53. The molecular weight excluding hydrogens is 242 g/mol. The summed E-state index contributed by atoms with van der Waals surface area (Å²) in [4.78, 5) is 4.31. The molecule has 1 heterocycles. The van der Waals surface area contributed by atoms with Gasteiger partial charge in [-0.15, -0.1) is 0 Å². The fourth-order valence-corrected chi connectivity index (χ4v) is 2.43. The SMILES string of the molecule is O[C@H]1CCCC[C@@H]1Nc1noc(-c2ccccc2)n1. The third kappa shape index (κ3) is 2.76. The van der Waals surface area contributed by atoms with Crippen molar-refractivity contribution in [2.24, 2.45) is 0 Å². The van der Waals surface area contributed by atoms with Crippen LogP contribution in [0.15, 0.2) is 34.9 Å². The number of rotatable bonds is 3. The highest BCUT2D eigenvalue weighted by Crippen LogP contribution is 2.23. The molecule has 2 atom stereocenters. The van der Waals surface area contributed by atoms with Gasteiger partial charge in [-0.2, -0.15) is 4.98 Å². The van der Waals surface area contributed by atoms with Crippen molar-refractivity contribution in [3.8, 4) is 11.5 Å². The Morgan fingerprint density at radius 2 is 1.95 bits per heavy atom. The van der Waals surface area contributed by atoms with E-state index in [-0.39, 0.29) is 12.1 Å². The van der Waals surface area contributed by atoms with Crippen LogP contribution in [0.3, 0.4) is 0 Å². The van der Waals surface area contributed by atoms with Crippen LogP contribution in [-0.4, -0.2) is 27.4 Å². The fourth-order valence-electron chi connectivity index (χ4n) is 2.43. The van der Waals surface area contributed by atoms with Crippen LogP contribution in [0.1, 0.15) is 25.7 Å². The van der Waals surface area contributed by atoms with Crippen molar-refractivity contribution >= 4 is 5.95 Å². The van der Waals surface area contributed by atoms with Crippen molar-refractivity contribution < 1.29 is 9.63 Å². The van der Waals surface area contributed by atoms with E-state index in [2.05, 4.69) is 15.5 Å². The van der Waals surface area contributed by atoms with Crippen molar-refractivity contribution in [3.05, 3.63) is 30.3 Å². The molecular formula is C14H17N3O2. The minimum absolute atomic E-state index is 0.0231. The molecule has 0 aliphatic heterocycles. The average Bonchev–Trinajstić information content (AvgIpc) is 2.91. The molecule has 0 spiro atoms. The summed E-state index contributed by atoms with van der Waals surface area (Å²) in [6.45, 7) is 0. The van der Waals surface area contributed by atoms with E-state index in [0.29, 0.717) is 11.8 Å². The summed E-state index contributed by atoms with van der Waals surface area (Å²) >= 11 is 0. The van der Waals surface area contributed by atoms with Crippen LogP contribution in [0.25, 0.3) is 11.5 Å². The standard InChI is InChI=1S/C14H17N3O2/c18-12-9-5-4-8-11(12)15-14-16-13(19-17-14)10-6-2-1-3-7-10/h1-3,6-7,11-12,18H,4-5,8-9H2,(H,15,17)/t11-,12-/m0/s1. The molecule has 0 radical (unpaired) electrons. The number of hydrogen-bond acceptors (Lipinski definition) is 5. The topological polar surface area (TPSA) is 71.2 Å². The molecule has 1 aliphatic rings. The zero-order valence-electron chi connectivity index (χ0n) is 10.6. The van der Waals surface area contributed by atoms with Gasteiger partial charge in [0.2, 0.25) is 0 Å². The summed E-state index contributed by atoms with van der Waals surface area (Å²) in [5.74, 6) is 0.943. The summed E-state index contributed by atoms with van der Waals surface area (Å²) in [6, 6.07) is 9.67. The van der Waals surface area contributed by atoms with E-state index in [1.807, 2.05) is 30.3 Å². The number of aliphatic hydroxyl groups excluding tert-OH is 1.